The molecule has 1 aliphatic carbocycles. The van der Waals surface area contributed by atoms with E-state index < -0.39 is 0 Å². The Hall–Kier alpha value is -1.64. The summed E-state index contributed by atoms with van der Waals surface area (Å²) in [6.07, 6.45) is 12.7. The lowest BCUT2D eigenvalue weighted by Crippen LogP contribution is -2.40. The minimum atomic E-state index is -0.0728. The van der Waals surface area contributed by atoms with Gasteiger partial charge in [-0.25, -0.2) is 0 Å². The van der Waals surface area contributed by atoms with E-state index in [2.05, 4.69) is 6.92 Å². The fourth-order valence-corrected chi connectivity index (χ4v) is 4.07. The third-order valence-corrected chi connectivity index (χ3v) is 5.49. The summed E-state index contributed by atoms with van der Waals surface area (Å²) in [5.41, 5.74) is 2.44. The van der Waals surface area contributed by atoms with Crippen LogP contribution in [0.2, 0.25) is 0 Å². The largest absolute Gasteiger partial charge is 0.271 e. The van der Waals surface area contributed by atoms with Gasteiger partial charge in [-0.15, -0.1) is 0 Å². The molecule has 1 saturated carbocycles. The first-order valence-corrected chi connectivity index (χ1v) is 9.73. The molecule has 0 radical (unpaired) electrons. The van der Waals surface area contributed by atoms with Gasteiger partial charge in [0.2, 0.25) is 0 Å². The van der Waals surface area contributed by atoms with Crippen molar-refractivity contribution < 1.29 is 9.59 Å². The van der Waals surface area contributed by atoms with Crippen molar-refractivity contribution in [3.63, 3.8) is 0 Å². The summed E-state index contributed by atoms with van der Waals surface area (Å²) in [4.78, 5) is 27.0. The molecular weight excluding hydrogens is 298 g/mol. The number of benzene rings is 1. The summed E-state index contributed by atoms with van der Waals surface area (Å²) < 4.78 is 0. The fraction of sp³-hybridized carbons (Fsp3) is 0.619. The Morgan fingerprint density at radius 3 is 2.38 bits per heavy atom. The molecule has 3 rings (SSSR count). The van der Waals surface area contributed by atoms with Gasteiger partial charge in [-0.1, -0.05) is 57.9 Å². The van der Waals surface area contributed by atoms with Crippen LogP contribution in [-0.4, -0.2) is 22.8 Å². The second-order valence-corrected chi connectivity index (χ2v) is 7.32. The number of fused-ring (bicyclic) bond motifs is 1. The van der Waals surface area contributed by atoms with Crippen LogP contribution >= 0.6 is 0 Å². The molecule has 0 unspecified atom stereocenters. The van der Waals surface area contributed by atoms with E-state index in [1.807, 2.05) is 18.2 Å². The first-order chi connectivity index (χ1) is 11.7. The summed E-state index contributed by atoms with van der Waals surface area (Å²) in [6, 6.07) is 6.00. The van der Waals surface area contributed by atoms with Crippen LogP contribution in [-0.2, 0) is 6.42 Å². The molecule has 1 aliphatic heterocycles. The van der Waals surface area contributed by atoms with Crippen molar-refractivity contribution in [3.05, 3.63) is 34.9 Å². The third kappa shape index (κ3) is 3.55. The second kappa shape index (κ2) is 7.96. The number of rotatable bonds is 7. The number of imide groups is 1. The molecule has 2 aliphatic rings. The molecule has 0 saturated heterocycles. The van der Waals surface area contributed by atoms with Crippen LogP contribution < -0.4 is 0 Å². The van der Waals surface area contributed by atoms with Crippen LogP contribution in [0.5, 0.6) is 0 Å². The highest BCUT2D eigenvalue weighted by atomic mass is 16.2. The predicted octanol–water partition coefficient (Wildman–Crippen LogP) is 5.13. The lowest BCUT2D eigenvalue weighted by molar-refractivity contribution is 0.0549. The molecule has 1 aromatic rings. The summed E-state index contributed by atoms with van der Waals surface area (Å²) in [5.74, 6) is -0.133. The zero-order valence-corrected chi connectivity index (χ0v) is 14.9. The van der Waals surface area contributed by atoms with Crippen molar-refractivity contribution in [3.8, 4) is 0 Å². The molecule has 2 amide bonds. The first kappa shape index (κ1) is 17.2. The van der Waals surface area contributed by atoms with Crippen LogP contribution in [0.1, 0.15) is 97.4 Å². The van der Waals surface area contributed by atoms with Crippen LogP contribution in [0.3, 0.4) is 0 Å². The quantitative estimate of drug-likeness (QED) is 0.514. The van der Waals surface area contributed by atoms with Crippen molar-refractivity contribution in [2.75, 3.05) is 0 Å². The smallest absolute Gasteiger partial charge is 0.261 e. The zero-order chi connectivity index (χ0) is 16.9. The van der Waals surface area contributed by atoms with E-state index in [9.17, 15) is 9.59 Å². The average molecular weight is 327 g/mol. The molecule has 1 heterocycles. The molecule has 0 aromatic heterocycles. The predicted molar refractivity (Wildman–Crippen MR) is 96.3 cm³/mol. The van der Waals surface area contributed by atoms with E-state index in [1.54, 1.807) is 4.90 Å². The normalized spacial score (nSPS) is 18.3. The Morgan fingerprint density at radius 1 is 0.917 bits per heavy atom. The van der Waals surface area contributed by atoms with Gasteiger partial charge in [0.1, 0.15) is 0 Å². The molecule has 1 fully saturated rings. The van der Waals surface area contributed by atoms with Gasteiger partial charge in [-0.3, -0.25) is 14.5 Å². The minimum absolute atomic E-state index is 0.0604. The van der Waals surface area contributed by atoms with Gasteiger partial charge in [-0.05, 0) is 43.4 Å². The standard InChI is InChI=1S/C21H29NO2/c1-2-3-4-5-7-10-16-13-14-18-19(15-16)21(24)22(20(18)23)17-11-8-6-9-12-17/h13-15,17H,2-12H2,1H3. The maximum absolute atomic E-state index is 12.8. The van der Waals surface area contributed by atoms with Gasteiger partial charge in [0.25, 0.3) is 11.8 Å². The molecular formula is C21H29NO2. The summed E-state index contributed by atoms with van der Waals surface area (Å²) >= 11 is 0. The average Bonchev–Trinajstić information content (AvgIpc) is 2.86. The molecule has 130 valence electrons. The van der Waals surface area contributed by atoms with Crippen molar-refractivity contribution in [2.45, 2.75) is 83.6 Å². The van der Waals surface area contributed by atoms with Crippen molar-refractivity contribution in [1.29, 1.82) is 0 Å². The highest BCUT2D eigenvalue weighted by Crippen LogP contribution is 2.31. The van der Waals surface area contributed by atoms with E-state index >= 15 is 0 Å². The van der Waals surface area contributed by atoms with E-state index in [0.29, 0.717) is 11.1 Å². The number of carbonyl (C=O) groups is 2. The maximum Gasteiger partial charge on any atom is 0.261 e. The molecule has 0 atom stereocenters. The summed E-state index contributed by atoms with van der Waals surface area (Å²) in [6.45, 7) is 2.22. The Bertz CT molecular complexity index is 602. The van der Waals surface area contributed by atoms with Gasteiger partial charge in [-0.2, -0.15) is 0 Å². The number of carbonyl (C=O) groups excluding carboxylic acids is 2. The molecule has 3 nitrogen and oxygen atoms in total. The van der Waals surface area contributed by atoms with Crippen LogP contribution in [0.4, 0.5) is 0 Å². The second-order valence-electron chi connectivity index (χ2n) is 7.32. The molecule has 0 spiro atoms. The maximum atomic E-state index is 12.8. The van der Waals surface area contributed by atoms with Crippen molar-refractivity contribution >= 4 is 11.8 Å². The number of hydrogen-bond acceptors (Lipinski definition) is 2. The van der Waals surface area contributed by atoms with Crippen LogP contribution in [0.15, 0.2) is 18.2 Å². The van der Waals surface area contributed by atoms with Gasteiger partial charge in [0.15, 0.2) is 0 Å². The highest BCUT2D eigenvalue weighted by Gasteiger charge is 2.40. The topological polar surface area (TPSA) is 37.4 Å². The van der Waals surface area contributed by atoms with Crippen molar-refractivity contribution in [2.24, 2.45) is 0 Å². The molecule has 0 N–H and O–H groups in total. The fourth-order valence-electron chi connectivity index (χ4n) is 4.07. The van der Waals surface area contributed by atoms with Gasteiger partial charge < -0.3 is 0 Å². The Labute approximate surface area is 145 Å². The van der Waals surface area contributed by atoms with Gasteiger partial charge in [0.05, 0.1) is 11.1 Å². The van der Waals surface area contributed by atoms with Gasteiger partial charge >= 0.3 is 0 Å². The van der Waals surface area contributed by atoms with Gasteiger partial charge in [0, 0.05) is 6.04 Å². The SMILES string of the molecule is CCCCCCCc1ccc2c(c1)C(=O)N(C1CCCCC1)C2=O. The lowest BCUT2D eigenvalue weighted by atomic mass is 9.94. The van der Waals surface area contributed by atoms with E-state index in [4.69, 9.17) is 0 Å². The number of aryl methyl sites for hydroxylation is 1. The van der Waals surface area contributed by atoms with E-state index in [-0.39, 0.29) is 17.9 Å². The molecule has 0 bridgehead atoms. The van der Waals surface area contributed by atoms with Crippen LogP contribution in [0, 0.1) is 0 Å². The third-order valence-electron chi connectivity index (χ3n) is 5.49. The Balaban J connectivity index is 1.67. The zero-order valence-electron chi connectivity index (χ0n) is 14.9. The van der Waals surface area contributed by atoms with E-state index in [1.165, 1.54) is 37.7 Å². The van der Waals surface area contributed by atoms with Crippen LogP contribution in [0.25, 0.3) is 0 Å². The van der Waals surface area contributed by atoms with Crippen molar-refractivity contribution in [1.82, 2.24) is 4.90 Å². The summed E-state index contributed by atoms with van der Waals surface area (Å²) in [5, 5.41) is 0. The first-order valence-electron chi connectivity index (χ1n) is 9.73. The monoisotopic (exact) mass is 327 g/mol. The summed E-state index contributed by atoms with van der Waals surface area (Å²) in [7, 11) is 0. The number of amides is 2. The minimum Gasteiger partial charge on any atom is -0.271 e. The molecule has 24 heavy (non-hydrogen) atoms. The Morgan fingerprint density at radius 2 is 1.62 bits per heavy atom. The number of nitrogens with zero attached hydrogens (tertiary/aromatic N) is 1. The number of hydrogen-bond donors (Lipinski definition) is 0. The molecule has 1 aromatic carbocycles. The number of unbranched alkanes of at least 4 members (excludes halogenated alkanes) is 4. The van der Waals surface area contributed by atoms with E-state index in [0.717, 1.165) is 38.5 Å². The Kier molecular flexibility index (Phi) is 5.70. The molecule has 3 heteroatoms. The highest BCUT2D eigenvalue weighted by molar-refractivity contribution is 6.21. The lowest BCUT2D eigenvalue weighted by Gasteiger charge is -2.29.